The van der Waals surface area contributed by atoms with E-state index < -0.39 is 0 Å². The Kier molecular flexibility index (Phi) is 6.85. The Labute approximate surface area is 171 Å². The maximum absolute atomic E-state index is 12.6. The SMILES string of the molecule is CC(C)(C)C1CCC(NC(=O)c2ccc(OCC3CCCO3)c(Br)c2)CC1. The van der Waals surface area contributed by atoms with Crippen LogP contribution in [0.4, 0.5) is 0 Å². The highest BCUT2D eigenvalue weighted by Crippen LogP contribution is 2.37. The summed E-state index contributed by atoms with van der Waals surface area (Å²) in [6.07, 6.45) is 6.85. The number of carbonyl (C=O) groups is 1. The first-order valence-electron chi connectivity index (χ1n) is 10.2. The molecule has 1 aromatic rings. The summed E-state index contributed by atoms with van der Waals surface area (Å²) in [6.45, 7) is 8.33. The van der Waals surface area contributed by atoms with Crippen molar-refractivity contribution < 1.29 is 14.3 Å². The Bertz CT molecular complexity index is 641. The van der Waals surface area contributed by atoms with Crippen LogP contribution in [0.2, 0.25) is 0 Å². The van der Waals surface area contributed by atoms with E-state index in [1.807, 2.05) is 18.2 Å². The van der Waals surface area contributed by atoms with Crippen molar-refractivity contribution in [3.8, 4) is 5.75 Å². The smallest absolute Gasteiger partial charge is 0.251 e. The van der Waals surface area contributed by atoms with Crippen LogP contribution in [0.3, 0.4) is 0 Å². The molecule has 1 aliphatic carbocycles. The number of nitrogens with one attached hydrogen (secondary N) is 1. The van der Waals surface area contributed by atoms with Gasteiger partial charge in [0.15, 0.2) is 0 Å². The molecule has 1 saturated heterocycles. The van der Waals surface area contributed by atoms with Crippen molar-refractivity contribution >= 4 is 21.8 Å². The maximum Gasteiger partial charge on any atom is 0.251 e. The number of rotatable bonds is 5. The second-order valence-electron chi connectivity index (χ2n) is 8.98. The molecule has 27 heavy (non-hydrogen) atoms. The topological polar surface area (TPSA) is 47.6 Å². The van der Waals surface area contributed by atoms with Gasteiger partial charge in [-0.1, -0.05) is 20.8 Å². The predicted molar refractivity (Wildman–Crippen MR) is 111 cm³/mol. The van der Waals surface area contributed by atoms with E-state index in [0.29, 0.717) is 17.6 Å². The largest absolute Gasteiger partial charge is 0.490 e. The van der Waals surface area contributed by atoms with Gasteiger partial charge in [0, 0.05) is 18.2 Å². The van der Waals surface area contributed by atoms with Gasteiger partial charge in [0.05, 0.1) is 10.6 Å². The molecule has 3 rings (SSSR count). The Morgan fingerprint density at radius 2 is 1.96 bits per heavy atom. The summed E-state index contributed by atoms with van der Waals surface area (Å²) in [4.78, 5) is 12.6. The molecule has 1 atom stereocenters. The van der Waals surface area contributed by atoms with Crippen molar-refractivity contribution in [1.29, 1.82) is 0 Å². The van der Waals surface area contributed by atoms with Crippen LogP contribution in [-0.4, -0.2) is 31.3 Å². The predicted octanol–water partition coefficient (Wildman–Crippen LogP) is 5.34. The molecular formula is C22H32BrNO3. The van der Waals surface area contributed by atoms with E-state index in [-0.39, 0.29) is 18.1 Å². The van der Waals surface area contributed by atoms with Gasteiger partial charge in [0.1, 0.15) is 12.4 Å². The minimum absolute atomic E-state index is 0.000542. The highest BCUT2D eigenvalue weighted by Gasteiger charge is 2.30. The van der Waals surface area contributed by atoms with E-state index in [1.165, 1.54) is 12.8 Å². The Hall–Kier alpha value is -1.07. The average molecular weight is 438 g/mol. The van der Waals surface area contributed by atoms with Crippen LogP contribution in [0, 0.1) is 11.3 Å². The van der Waals surface area contributed by atoms with Gasteiger partial charge in [-0.25, -0.2) is 0 Å². The molecule has 1 saturated carbocycles. The lowest BCUT2D eigenvalue weighted by Crippen LogP contribution is -2.39. The van der Waals surface area contributed by atoms with E-state index in [1.54, 1.807) is 0 Å². The molecule has 1 unspecified atom stereocenters. The summed E-state index contributed by atoms with van der Waals surface area (Å²) in [7, 11) is 0. The number of hydrogen-bond acceptors (Lipinski definition) is 3. The molecule has 150 valence electrons. The highest BCUT2D eigenvalue weighted by atomic mass is 79.9. The molecule has 0 spiro atoms. The zero-order valence-electron chi connectivity index (χ0n) is 16.7. The second kappa shape index (κ2) is 8.95. The molecule has 5 heteroatoms. The minimum atomic E-state index is 0.000542. The van der Waals surface area contributed by atoms with Crippen molar-refractivity contribution in [3.63, 3.8) is 0 Å². The molecular weight excluding hydrogens is 406 g/mol. The summed E-state index contributed by atoms with van der Waals surface area (Å²) >= 11 is 3.53. The number of benzene rings is 1. The van der Waals surface area contributed by atoms with Gasteiger partial charge in [0.25, 0.3) is 5.91 Å². The molecule has 2 aliphatic rings. The fraction of sp³-hybridized carbons (Fsp3) is 0.682. The summed E-state index contributed by atoms with van der Waals surface area (Å²) in [6, 6.07) is 5.84. The van der Waals surface area contributed by atoms with Crippen LogP contribution in [-0.2, 0) is 4.74 Å². The first-order chi connectivity index (χ1) is 12.8. The van der Waals surface area contributed by atoms with Gasteiger partial charge in [-0.3, -0.25) is 4.79 Å². The summed E-state index contributed by atoms with van der Waals surface area (Å²) in [5.41, 5.74) is 1.03. The van der Waals surface area contributed by atoms with Gasteiger partial charge >= 0.3 is 0 Å². The van der Waals surface area contributed by atoms with Gasteiger partial charge < -0.3 is 14.8 Å². The Balaban J connectivity index is 1.50. The van der Waals surface area contributed by atoms with Crippen molar-refractivity contribution in [2.45, 2.75) is 71.4 Å². The molecule has 0 bridgehead atoms. The third-order valence-electron chi connectivity index (χ3n) is 5.93. The van der Waals surface area contributed by atoms with Crippen LogP contribution in [0.15, 0.2) is 22.7 Å². The normalized spacial score (nSPS) is 26.0. The minimum Gasteiger partial charge on any atom is -0.490 e. The van der Waals surface area contributed by atoms with E-state index >= 15 is 0 Å². The Morgan fingerprint density at radius 3 is 2.56 bits per heavy atom. The molecule has 1 amide bonds. The number of ether oxygens (including phenoxy) is 2. The number of hydrogen-bond donors (Lipinski definition) is 1. The third kappa shape index (κ3) is 5.71. The van der Waals surface area contributed by atoms with E-state index in [9.17, 15) is 4.79 Å². The molecule has 4 nitrogen and oxygen atoms in total. The van der Waals surface area contributed by atoms with E-state index in [2.05, 4.69) is 42.0 Å². The quantitative estimate of drug-likeness (QED) is 0.675. The lowest BCUT2D eigenvalue weighted by atomic mass is 9.71. The average Bonchev–Trinajstić information content (AvgIpc) is 3.14. The van der Waals surface area contributed by atoms with Gasteiger partial charge in [-0.2, -0.15) is 0 Å². The monoisotopic (exact) mass is 437 g/mol. The standard InChI is InChI=1S/C22H32BrNO3/c1-22(2,3)16-7-9-17(10-8-16)24-21(25)15-6-11-20(19(23)13-15)27-14-18-5-4-12-26-18/h6,11,13,16-18H,4-5,7-10,12,14H2,1-3H3,(H,24,25). The first kappa shape index (κ1) is 20.7. The molecule has 0 aromatic heterocycles. The van der Waals surface area contributed by atoms with Crippen LogP contribution in [0.1, 0.15) is 69.7 Å². The molecule has 1 N–H and O–H groups in total. The van der Waals surface area contributed by atoms with Crippen LogP contribution >= 0.6 is 15.9 Å². The Morgan fingerprint density at radius 1 is 1.22 bits per heavy atom. The van der Waals surface area contributed by atoms with Crippen LogP contribution in [0.25, 0.3) is 0 Å². The third-order valence-corrected chi connectivity index (χ3v) is 6.55. The molecule has 1 aliphatic heterocycles. The van der Waals surface area contributed by atoms with Crippen LogP contribution in [0.5, 0.6) is 5.75 Å². The maximum atomic E-state index is 12.6. The summed E-state index contributed by atoms with van der Waals surface area (Å²) < 4.78 is 12.2. The fourth-order valence-electron chi connectivity index (χ4n) is 4.09. The zero-order valence-corrected chi connectivity index (χ0v) is 18.3. The molecule has 1 aromatic carbocycles. The van der Waals surface area contributed by atoms with Gasteiger partial charge in [-0.05, 0) is 84.0 Å². The second-order valence-corrected chi connectivity index (χ2v) is 9.83. The lowest BCUT2D eigenvalue weighted by Gasteiger charge is -2.37. The fourth-order valence-corrected chi connectivity index (χ4v) is 4.58. The van der Waals surface area contributed by atoms with Crippen LogP contribution < -0.4 is 10.1 Å². The number of amides is 1. The number of carbonyl (C=O) groups excluding carboxylic acids is 1. The van der Waals surface area contributed by atoms with Crippen molar-refractivity contribution in [2.75, 3.05) is 13.2 Å². The van der Waals surface area contributed by atoms with E-state index in [0.717, 1.165) is 48.4 Å². The lowest BCUT2D eigenvalue weighted by molar-refractivity contribution is 0.0676. The van der Waals surface area contributed by atoms with Crippen molar-refractivity contribution in [3.05, 3.63) is 28.2 Å². The highest BCUT2D eigenvalue weighted by molar-refractivity contribution is 9.10. The summed E-state index contributed by atoms with van der Waals surface area (Å²) in [5, 5.41) is 3.21. The molecule has 1 heterocycles. The van der Waals surface area contributed by atoms with Crippen molar-refractivity contribution in [1.82, 2.24) is 5.32 Å². The number of halogens is 1. The summed E-state index contributed by atoms with van der Waals surface area (Å²) in [5.74, 6) is 1.51. The zero-order chi connectivity index (χ0) is 19.4. The van der Waals surface area contributed by atoms with Gasteiger partial charge in [-0.15, -0.1) is 0 Å². The van der Waals surface area contributed by atoms with Crippen molar-refractivity contribution in [2.24, 2.45) is 11.3 Å². The first-order valence-corrected chi connectivity index (χ1v) is 11.0. The van der Waals surface area contributed by atoms with E-state index in [4.69, 9.17) is 9.47 Å². The molecule has 0 radical (unpaired) electrons. The molecule has 2 fully saturated rings. The van der Waals surface area contributed by atoms with Gasteiger partial charge in [0.2, 0.25) is 0 Å².